The minimum Gasteiger partial charge on any atom is -0.330 e. The lowest BCUT2D eigenvalue weighted by Crippen LogP contribution is -2.42. The molecule has 134 valence electrons. The number of carbonyl (C=O) groups is 1. The Morgan fingerprint density at radius 2 is 1.84 bits per heavy atom. The molecule has 0 saturated carbocycles. The first-order valence-electron chi connectivity index (χ1n) is 8.56. The SMILES string of the molecule is Cc1ccc(-n2[nH]c(C(=O)N3C4CCNCC3CC4)cc2=O)cc1.Cl. The first kappa shape index (κ1) is 17.8. The average Bonchev–Trinajstić information content (AvgIpc) is 3.06. The van der Waals surface area contributed by atoms with Gasteiger partial charge in [-0.3, -0.25) is 14.7 Å². The van der Waals surface area contributed by atoms with Crippen LogP contribution in [0.25, 0.3) is 5.69 Å². The van der Waals surface area contributed by atoms with E-state index in [2.05, 4.69) is 10.4 Å². The molecule has 2 fully saturated rings. The lowest BCUT2D eigenvalue weighted by molar-refractivity contribution is 0.0673. The summed E-state index contributed by atoms with van der Waals surface area (Å²) in [4.78, 5) is 27.3. The fourth-order valence-electron chi connectivity index (χ4n) is 3.84. The van der Waals surface area contributed by atoms with Crippen LogP contribution in [0.1, 0.15) is 35.3 Å². The Morgan fingerprint density at radius 3 is 2.60 bits per heavy atom. The maximum absolute atomic E-state index is 13.0. The van der Waals surface area contributed by atoms with E-state index in [4.69, 9.17) is 0 Å². The minimum absolute atomic E-state index is 0. The molecule has 3 heterocycles. The Balaban J connectivity index is 0.00000182. The van der Waals surface area contributed by atoms with Crippen molar-refractivity contribution >= 4 is 18.3 Å². The Morgan fingerprint density at radius 1 is 1.12 bits per heavy atom. The molecule has 2 saturated heterocycles. The van der Waals surface area contributed by atoms with Gasteiger partial charge in [0.15, 0.2) is 0 Å². The van der Waals surface area contributed by atoms with E-state index in [0.29, 0.717) is 5.69 Å². The highest BCUT2D eigenvalue weighted by atomic mass is 35.5. The second-order valence-corrected chi connectivity index (χ2v) is 6.77. The molecule has 2 N–H and O–H groups in total. The molecule has 2 aromatic rings. The van der Waals surface area contributed by atoms with Gasteiger partial charge in [0.1, 0.15) is 5.69 Å². The van der Waals surface area contributed by atoms with Gasteiger partial charge in [0.25, 0.3) is 11.5 Å². The third kappa shape index (κ3) is 3.24. The molecule has 6 nitrogen and oxygen atoms in total. The van der Waals surface area contributed by atoms with Crippen LogP contribution in [-0.2, 0) is 0 Å². The van der Waals surface area contributed by atoms with Crippen molar-refractivity contribution in [3.8, 4) is 5.69 Å². The van der Waals surface area contributed by atoms with E-state index in [1.807, 2.05) is 36.1 Å². The van der Waals surface area contributed by atoms with Crippen LogP contribution in [0.2, 0.25) is 0 Å². The summed E-state index contributed by atoms with van der Waals surface area (Å²) in [7, 11) is 0. The van der Waals surface area contributed by atoms with Crippen molar-refractivity contribution < 1.29 is 4.79 Å². The summed E-state index contributed by atoms with van der Waals surface area (Å²) in [5, 5.41) is 6.39. The van der Waals surface area contributed by atoms with Crippen molar-refractivity contribution in [3.63, 3.8) is 0 Å². The van der Waals surface area contributed by atoms with Gasteiger partial charge in [0.05, 0.1) is 5.69 Å². The number of hydrogen-bond acceptors (Lipinski definition) is 3. The Labute approximate surface area is 152 Å². The fourth-order valence-corrected chi connectivity index (χ4v) is 3.84. The van der Waals surface area contributed by atoms with E-state index < -0.39 is 0 Å². The van der Waals surface area contributed by atoms with Crippen LogP contribution in [0.3, 0.4) is 0 Å². The van der Waals surface area contributed by atoms with E-state index in [-0.39, 0.29) is 36.0 Å². The molecule has 7 heteroatoms. The van der Waals surface area contributed by atoms with Gasteiger partial charge in [-0.2, -0.15) is 0 Å². The summed E-state index contributed by atoms with van der Waals surface area (Å²) >= 11 is 0. The fraction of sp³-hybridized carbons (Fsp3) is 0.444. The molecule has 4 rings (SSSR count). The van der Waals surface area contributed by atoms with Crippen LogP contribution in [0.5, 0.6) is 0 Å². The number of aryl methyl sites for hydroxylation is 1. The number of halogens is 1. The standard InChI is InChI=1S/C18H22N4O2.ClH/c1-12-2-4-14(5-3-12)22-17(23)10-16(20-22)18(24)21-13-6-7-15(21)11-19-9-8-13;/h2-5,10,13,15,19-20H,6-9,11H2,1H3;1H. The number of nitrogens with zero attached hydrogens (tertiary/aromatic N) is 2. The molecule has 2 bridgehead atoms. The summed E-state index contributed by atoms with van der Waals surface area (Å²) in [5.74, 6) is -0.0610. The lowest BCUT2D eigenvalue weighted by Gasteiger charge is -2.27. The third-order valence-electron chi connectivity index (χ3n) is 5.13. The Hall–Kier alpha value is -2.05. The molecular formula is C18H23ClN4O2. The van der Waals surface area contributed by atoms with E-state index in [1.165, 1.54) is 10.7 Å². The molecule has 2 aliphatic rings. The summed E-state index contributed by atoms with van der Waals surface area (Å²) < 4.78 is 1.44. The molecule has 0 aliphatic carbocycles. The van der Waals surface area contributed by atoms with Gasteiger partial charge in [-0.05, 0) is 44.9 Å². The first-order valence-corrected chi connectivity index (χ1v) is 8.56. The predicted molar refractivity (Wildman–Crippen MR) is 98.8 cm³/mol. The first-order chi connectivity index (χ1) is 11.6. The van der Waals surface area contributed by atoms with Gasteiger partial charge in [-0.25, -0.2) is 4.68 Å². The maximum Gasteiger partial charge on any atom is 0.272 e. The molecule has 25 heavy (non-hydrogen) atoms. The summed E-state index contributed by atoms with van der Waals surface area (Å²) in [6.07, 6.45) is 3.07. The number of rotatable bonds is 2. The molecule has 1 amide bonds. The molecule has 2 unspecified atom stereocenters. The number of carbonyl (C=O) groups excluding carboxylic acids is 1. The molecule has 0 spiro atoms. The second kappa shape index (κ2) is 7.06. The van der Waals surface area contributed by atoms with Crippen molar-refractivity contribution in [2.45, 2.75) is 38.3 Å². The van der Waals surface area contributed by atoms with Gasteiger partial charge in [0, 0.05) is 24.7 Å². The monoisotopic (exact) mass is 362 g/mol. The van der Waals surface area contributed by atoms with Gasteiger partial charge in [-0.15, -0.1) is 12.4 Å². The number of fused-ring (bicyclic) bond motifs is 2. The number of aromatic nitrogens is 2. The summed E-state index contributed by atoms with van der Waals surface area (Å²) in [6.45, 7) is 3.79. The van der Waals surface area contributed by atoms with E-state index in [0.717, 1.165) is 43.6 Å². The number of benzene rings is 1. The molecular weight excluding hydrogens is 340 g/mol. The van der Waals surface area contributed by atoms with Gasteiger partial charge in [-0.1, -0.05) is 17.7 Å². The number of nitrogens with one attached hydrogen (secondary N) is 2. The van der Waals surface area contributed by atoms with Gasteiger partial charge < -0.3 is 10.2 Å². The number of H-pyrrole nitrogens is 1. The highest BCUT2D eigenvalue weighted by Gasteiger charge is 2.39. The van der Waals surface area contributed by atoms with E-state index in [1.54, 1.807) is 0 Å². The zero-order chi connectivity index (χ0) is 16.7. The normalized spacial score (nSPS) is 22.4. The molecule has 0 radical (unpaired) electrons. The molecule has 2 atom stereocenters. The average molecular weight is 363 g/mol. The maximum atomic E-state index is 13.0. The predicted octanol–water partition coefficient (Wildman–Crippen LogP) is 1.86. The highest BCUT2D eigenvalue weighted by Crippen LogP contribution is 2.29. The summed E-state index contributed by atoms with van der Waals surface area (Å²) in [6, 6.07) is 9.58. The largest absolute Gasteiger partial charge is 0.330 e. The molecule has 2 aliphatic heterocycles. The summed E-state index contributed by atoms with van der Waals surface area (Å²) in [5.41, 5.74) is 2.04. The van der Waals surface area contributed by atoms with E-state index >= 15 is 0 Å². The quantitative estimate of drug-likeness (QED) is 0.856. The second-order valence-electron chi connectivity index (χ2n) is 6.77. The lowest BCUT2D eigenvalue weighted by atomic mass is 10.1. The molecule has 1 aromatic heterocycles. The number of hydrogen-bond donors (Lipinski definition) is 2. The number of amides is 1. The van der Waals surface area contributed by atoms with Crippen molar-refractivity contribution in [3.05, 3.63) is 51.9 Å². The topological polar surface area (TPSA) is 70.1 Å². The zero-order valence-corrected chi connectivity index (χ0v) is 15.0. The third-order valence-corrected chi connectivity index (χ3v) is 5.13. The van der Waals surface area contributed by atoms with Crippen molar-refractivity contribution in [2.75, 3.05) is 13.1 Å². The van der Waals surface area contributed by atoms with Crippen LogP contribution < -0.4 is 10.9 Å². The molecule has 1 aromatic carbocycles. The van der Waals surface area contributed by atoms with Gasteiger partial charge >= 0.3 is 0 Å². The minimum atomic E-state index is -0.206. The van der Waals surface area contributed by atoms with Crippen LogP contribution in [0.15, 0.2) is 35.1 Å². The van der Waals surface area contributed by atoms with Crippen molar-refractivity contribution in [2.24, 2.45) is 0 Å². The highest BCUT2D eigenvalue weighted by molar-refractivity contribution is 5.93. The van der Waals surface area contributed by atoms with E-state index in [9.17, 15) is 9.59 Å². The number of aromatic amines is 1. The van der Waals surface area contributed by atoms with Gasteiger partial charge in [0.2, 0.25) is 0 Å². The van der Waals surface area contributed by atoms with Crippen LogP contribution >= 0.6 is 12.4 Å². The van der Waals surface area contributed by atoms with Crippen molar-refractivity contribution in [1.29, 1.82) is 0 Å². The smallest absolute Gasteiger partial charge is 0.272 e. The Bertz CT molecular complexity index is 797. The Kier molecular flexibility index (Phi) is 5.01. The van der Waals surface area contributed by atoms with Crippen molar-refractivity contribution in [1.82, 2.24) is 20.0 Å². The van der Waals surface area contributed by atoms with Crippen LogP contribution in [0.4, 0.5) is 0 Å². The van der Waals surface area contributed by atoms with Crippen LogP contribution in [-0.4, -0.2) is 45.8 Å². The zero-order valence-electron chi connectivity index (χ0n) is 14.2. The van der Waals surface area contributed by atoms with Crippen LogP contribution in [0, 0.1) is 6.92 Å².